The second-order valence-electron chi connectivity index (χ2n) is 9.25. The number of fused-ring (bicyclic) bond motifs is 5. The highest BCUT2D eigenvalue weighted by Crippen LogP contribution is 2.68. The lowest BCUT2D eigenvalue weighted by molar-refractivity contribution is -0.191. The van der Waals surface area contributed by atoms with Gasteiger partial charge in [0.2, 0.25) is 0 Å². The number of carbonyl (C=O) groups excluding carboxylic acids is 1. The van der Waals surface area contributed by atoms with Crippen molar-refractivity contribution in [3.63, 3.8) is 0 Å². The van der Waals surface area contributed by atoms with Gasteiger partial charge >= 0.3 is 0 Å². The van der Waals surface area contributed by atoms with Gasteiger partial charge in [0.25, 0.3) is 0 Å². The van der Waals surface area contributed by atoms with E-state index in [1.165, 1.54) is 5.57 Å². The van der Waals surface area contributed by atoms with E-state index >= 15 is 0 Å². The fourth-order valence-electron chi connectivity index (χ4n) is 7.44. The Morgan fingerprint density at radius 3 is 2.72 bits per heavy atom. The maximum absolute atomic E-state index is 11.8. The molecule has 3 heteroatoms. The molecule has 136 valence electrons. The molecule has 0 aromatic carbocycles. The number of ketones is 1. The van der Waals surface area contributed by atoms with Crippen molar-refractivity contribution in [3.8, 4) is 12.3 Å². The molecule has 0 radical (unpaired) electrons. The van der Waals surface area contributed by atoms with Gasteiger partial charge in [0, 0.05) is 11.8 Å². The summed E-state index contributed by atoms with van der Waals surface area (Å²) >= 11 is 0. The Hall–Kier alpha value is -1.11. The third kappa shape index (κ3) is 2.17. The summed E-state index contributed by atoms with van der Waals surface area (Å²) < 4.78 is 0. The minimum absolute atomic E-state index is 0.186. The minimum atomic E-state index is -1.10. The Kier molecular flexibility index (Phi) is 3.77. The van der Waals surface area contributed by atoms with E-state index in [0.717, 1.165) is 32.1 Å². The van der Waals surface area contributed by atoms with Gasteiger partial charge in [-0.15, -0.1) is 6.42 Å². The monoisotopic (exact) mass is 342 g/mol. The Labute approximate surface area is 150 Å². The highest BCUT2D eigenvalue weighted by molar-refractivity contribution is 5.91. The van der Waals surface area contributed by atoms with Crippen LogP contribution in [0.15, 0.2) is 11.6 Å². The van der Waals surface area contributed by atoms with Gasteiger partial charge < -0.3 is 10.2 Å². The summed E-state index contributed by atoms with van der Waals surface area (Å²) in [6.45, 7) is 4.07. The lowest BCUT2D eigenvalue weighted by Crippen LogP contribution is -2.62. The Morgan fingerprint density at radius 1 is 1.28 bits per heavy atom. The number of terminal acetylenes is 1. The van der Waals surface area contributed by atoms with Crippen LogP contribution in [0.2, 0.25) is 0 Å². The topological polar surface area (TPSA) is 57.5 Å². The first-order valence-corrected chi connectivity index (χ1v) is 9.94. The maximum atomic E-state index is 11.8. The van der Waals surface area contributed by atoms with E-state index in [2.05, 4.69) is 12.8 Å². The van der Waals surface area contributed by atoms with Crippen LogP contribution < -0.4 is 0 Å². The Balaban J connectivity index is 1.78. The SMILES string of the molecule is C#C[C@]1(O)CC[C@H]2[C@@H]3CCC4=CC(=O)CC[C@@H]4[C@H]3[C@@](C)(O)C[C@@]21CC. The molecule has 0 spiro atoms. The summed E-state index contributed by atoms with van der Waals surface area (Å²) in [5.74, 6) is 4.23. The summed E-state index contributed by atoms with van der Waals surface area (Å²) in [5.41, 5.74) is -1.07. The van der Waals surface area contributed by atoms with Gasteiger partial charge in [0.05, 0.1) is 5.60 Å². The molecule has 0 aromatic rings. The molecule has 3 nitrogen and oxygen atoms in total. The number of aliphatic hydroxyl groups is 2. The largest absolute Gasteiger partial charge is 0.390 e. The van der Waals surface area contributed by atoms with E-state index in [0.29, 0.717) is 37.0 Å². The highest BCUT2D eigenvalue weighted by Gasteiger charge is 2.68. The van der Waals surface area contributed by atoms with Gasteiger partial charge in [-0.1, -0.05) is 18.4 Å². The van der Waals surface area contributed by atoms with Gasteiger partial charge in [-0.3, -0.25) is 4.79 Å². The third-order valence-electron chi connectivity index (χ3n) is 8.31. The van der Waals surface area contributed by atoms with Gasteiger partial charge in [-0.05, 0) is 81.6 Å². The van der Waals surface area contributed by atoms with Crippen molar-refractivity contribution < 1.29 is 15.0 Å². The molecule has 4 aliphatic rings. The van der Waals surface area contributed by atoms with E-state index in [9.17, 15) is 15.0 Å². The standard InChI is InChI=1S/C22H30O3/c1-4-21-13-20(3,24)19-16-9-7-15(23)12-14(16)6-8-17(19)18(21)10-11-22(21,25)5-2/h2,12,16-19,24-25H,4,6-11,13H2,1,3H3/t16-,17-,18-,19+,20-,21-,22-/m0/s1. The van der Waals surface area contributed by atoms with Crippen LogP contribution in [0.5, 0.6) is 0 Å². The molecule has 0 saturated heterocycles. The molecule has 0 unspecified atom stereocenters. The van der Waals surface area contributed by atoms with Crippen molar-refractivity contribution in [1.29, 1.82) is 0 Å². The Bertz CT molecular complexity index is 669. The summed E-state index contributed by atoms with van der Waals surface area (Å²) in [6.07, 6.45) is 14.1. The number of rotatable bonds is 1. The molecule has 0 aliphatic heterocycles. The fraction of sp³-hybridized carbons (Fsp3) is 0.773. The molecule has 2 N–H and O–H groups in total. The smallest absolute Gasteiger partial charge is 0.155 e. The minimum Gasteiger partial charge on any atom is -0.390 e. The second-order valence-corrected chi connectivity index (χ2v) is 9.25. The van der Waals surface area contributed by atoms with Gasteiger partial charge in [-0.2, -0.15) is 0 Å². The molecule has 4 rings (SSSR count). The summed E-state index contributed by atoms with van der Waals surface area (Å²) in [7, 11) is 0. The lowest BCUT2D eigenvalue weighted by Gasteiger charge is -2.61. The summed E-state index contributed by atoms with van der Waals surface area (Å²) in [6, 6.07) is 0. The van der Waals surface area contributed by atoms with Crippen molar-refractivity contribution in [2.75, 3.05) is 0 Å². The molecule has 3 fully saturated rings. The molecule has 0 aromatic heterocycles. The predicted octanol–water partition coefficient (Wildman–Crippen LogP) is 3.24. The van der Waals surface area contributed by atoms with E-state index in [1.54, 1.807) is 0 Å². The van der Waals surface area contributed by atoms with Crippen LogP contribution >= 0.6 is 0 Å². The van der Waals surface area contributed by atoms with Crippen molar-refractivity contribution in [3.05, 3.63) is 11.6 Å². The first kappa shape index (κ1) is 17.3. The van der Waals surface area contributed by atoms with Gasteiger partial charge in [-0.25, -0.2) is 0 Å². The quantitative estimate of drug-likeness (QED) is 0.719. The van der Waals surface area contributed by atoms with Crippen LogP contribution in [0.4, 0.5) is 0 Å². The average Bonchev–Trinajstić information content (AvgIpc) is 2.87. The molecule has 4 aliphatic carbocycles. The van der Waals surface area contributed by atoms with Crippen molar-refractivity contribution in [2.24, 2.45) is 29.1 Å². The fourth-order valence-corrected chi connectivity index (χ4v) is 7.44. The molecule has 3 saturated carbocycles. The van der Waals surface area contributed by atoms with Crippen molar-refractivity contribution in [1.82, 2.24) is 0 Å². The second kappa shape index (κ2) is 5.44. The number of hydrogen-bond acceptors (Lipinski definition) is 3. The highest BCUT2D eigenvalue weighted by atomic mass is 16.3. The molecule has 0 amide bonds. The molecule has 0 bridgehead atoms. The lowest BCUT2D eigenvalue weighted by atomic mass is 9.45. The molecule has 7 atom stereocenters. The maximum Gasteiger partial charge on any atom is 0.155 e. The normalized spacial score (nSPS) is 51.8. The van der Waals surface area contributed by atoms with Gasteiger partial charge in [0.1, 0.15) is 5.60 Å². The van der Waals surface area contributed by atoms with E-state index < -0.39 is 11.2 Å². The first-order valence-electron chi connectivity index (χ1n) is 9.94. The van der Waals surface area contributed by atoms with Crippen molar-refractivity contribution in [2.45, 2.75) is 76.4 Å². The number of hydrogen-bond donors (Lipinski definition) is 2. The van der Waals surface area contributed by atoms with Crippen LogP contribution in [0.25, 0.3) is 0 Å². The van der Waals surface area contributed by atoms with E-state index in [1.807, 2.05) is 13.0 Å². The zero-order valence-electron chi connectivity index (χ0n) is 15.4. The number of carbonyl (C=O) groups is 1. The van der Waals surface area contributed by atoms with Gasteiger partial charge in [0.15, 0.2) is 5.78 Å². The number of allylic oxidation sites excluding steroid dienone is 1. The predicted molar refractivity (Wildman–Crippen MR) is 96.5 cm³/mol. The van der Waals surface area contributed by atoms with Crippen LogP contribution in [-0.2, 0) is 4.79 Å². The molecule has 0 heterocycles. The van der Waals surface area contributed by atoms with Crippen LogP contribution in [0.3, 0.4) is 0 Å². The molecular weight excluding hydrogens is 312 g/mol. The van der Waals surface area contributed by atoms with Crippen LogP contribution in [-0.4, -0.2) is 27.2 Å². The third-order valence-corrected chi connectivity index (χ3v) is 8.31. The van der Waals surface area contributed by atoms with E-state index in [-0.39, 0.29) is 17.1 Å². The molecular formula is C22H30O3. The van der Waals surface area contributed by atoms with E-state index in [4.69, 9.17) is 6.42 Å². The van der Waals surface area contributed by atoms with Crippen LogP contribution in [0, 0.1) is 41.4 Å². The Morgan fingerprint density at radius 2 is 2.04 bits per heavy atom. The van der Waals surface area contributed by atoms with Crippen molar-refractivity contribution >= 4 is 5.78 Å². The summed E-state index contributed by atoms with van der Waals surface area (Å²) in [5, 5.41) is 22.8. The zero-order chi connectivity index (χ0) is 18.0. The zero-order valence-corrected chi connectivity index (χ0v) is 15.4. The average molecular weight is 342 g/mol. The van der Waals surface area contributed by atoms with Crippen LogP contribution in [0.1, 0.15) is 65.2 Å². The first-order chi connectivity index (χ1) is 11.8. The summed E-state index contributed by atoms with van der Waals surface area (Å²) in [4.78, 5) is 11.8. The molecule has 25 heavy (non-hydrogen) atoms.